The first-order chi connectivity index (χ1) is 6.77. The molecular weight excluding hydrogens is 176 g/mol. The molecule has 1 aliphatic carbocycles. The second kappa shape index (κ2) is 4.63. The number of aliphatic hydroxyl groups excluding tert-OH is 1. The van der Waals surface area contributed by atoms with E-state index in [0.717, 1.165) is 32.0 Å². The molecule has 0 aromatic carbocycles. The van der Waals surface area contributed by atoms with Crippen LogP contribution in [-0.2, 0) is 4.74 Å². The van der Waals surface area contributed by atoms with E-state index >= 15 is 0 Å². The van der Waals surface area contributed by atoms with Gasteiger partial charge >= 0.3 is 0 Å². The summed E-state index contributed by atoms with van der Waals surface area (Å²) in [5.74, 6) is 1.92. The van der Waals surface area contributed by atoms with Gasteiger partial charge in [0, 0.05) is 13.2 Å². The summed E-state index contributed by atoms with van der Waals surface area (Å²) in [6.07, 6.45) is 5.85. The smallest absolute Gasteiger partial charge is 0.0598 e. The summed E-state index contributed by atoms with van der Waals surface area (Å²) in [6, 6.07) is 0. The molecule has 2 heteroatoms. The van der Waals surface area contributed by atoms with Crippen LogP contribution in [0.1, 0.15) is 39.0 Å². The van der Waals surface area contributed by atoms with Crippen LogP contribution in [0.5, 0.6) is 0 Å². The van der Waals surface area contributed by atoms with Crippen molar-refractivity contribution in [3.05, 3.63) is 0 Å². The van der Waals surface area contributed by atoms with Crippen LogP contribution in [0.15, 0.2) is 0 Å². The number of aliphatic hydroxyl groups is 1. The van der Waals surface area contributed by atoms with Crippen molar-refractivity contribution in [2.45, 2.75) is 45.1 Å². The molecule has 1 saturated heterocycles. The molecule has 82 valence electrons. The van der Waals surface area contributed by atoms with E-state index in [9.17, 15) is 5.11 Å². The summed E-state index contributed by atoms with van der Waals surface area (Å²) in [6.45, 7) is 4.00. The number of hydrogen-bond acceptors (Lipinski definition) is 2. The fourth-order valence-corrected chi connectivity index (χ4v) is 3.00. The fourth-order valence-electron chi connectivity index (χ4n) is 3.00. The van der Waals surface area contributed by atoms with Crippen LogP contribution in [0.2, 0.25) is 0 Å². The Morgan fingerprint density at radius 2 is 1.79 bits per heavy atom. The molecule has 0 aromatic heterocycles. The Morgan fingerprint density at radius 1 is 1.07 bits per heavy atom. The van der Waals surface area contributed by atoms with E-state index in [1.807, 2.05) is 0 Å². The molecule has 2 fully saturated rings. The molecule has 0 amide bonds. The number of hydrogen-bond donors (Lipinski definition) is 1. The van der Waals surface area contributed by atoms with Crippen LogP contribution >= 0.6 is 0 Å². The molecule has 3 unspecified atom stereocenters. The Hall–Kier alpha value is -0.0800. The first-order valence-corrected chi connectivity index (χ1v) is 6.03. The van der Waals surface area contributed by atoms with Gasteiger partial charge in [-0.2, -0.15) is 0 Å². The van der Waals surface area contributed by atoms with Crippen molar-refractivity contribution in [3.63, 3.8) is 0 Å². The summed E-state index contributed by atoms with van der Waals surface area (Å²) >= 11 is 0. The van der Waals surface area contributed by atoms with Gasteiger partial charge in [-0.3, -0.25) is 0 Å². The molecule has 1 aliphatic heterocycles. The highest BCUT2D eigenvalue weighted by molar-refractivity contribution is 4.83. The minimum absolute atomic E-state index is 0.0520. The van der Waals surface area contributed by atoms with E-state index in [0.29, 0.717) is 11.8 Å². The molecule has 14 heavy (non-hydrogen) atoms. The van der Waals surface area contributed by atoms with E-state index in [-0.39, 0.29) is 6.10 Å². The van der Waals surface area contributed by atoms with Crippen LogP contribution in [0, 0.1) is 17.8 Å². The molecule has 0 bridgehead atoms. The minimum atomic E-state index is -0.0520. The van der Waals surface area contributed by atoms with Gasteiger partial charge in [-0.15, -0.1) is 0 Å². The third kappa shape index (κ3) is 2.29. The lowest BCUT2D eigenvalue weighted by atomic mass is 9.84. The summed E-state index contributed by atoms with van der Waals surface area (Å²) in [5.41, 5.74) is 0. The molecule has 1 N–H and O–H groups in total. The molecule has 1 saturated carbocycles. The molecule has 0 aromatic rings. The first-order valence-electron chi connectivity index (χ1n) is 6.03. The maximum absolute atomic E-state index is 10.2. The minimum Gasteiger partial charge on any atom is -0.393 e. The van der Waals surface area contributed by atoms with Gasteiger partial charge < -0.3 is 9.84 Å². The van der Waals surface area contributed by atoms with E-state index in [1.165, 1.54) is 19.3 Å². The Bertz CT molecular complexity index is 170. The lowest BCUT2D eigenvalue weighted by Crippen LogP contribution is -2.32. The van der Waals surface area contributed by atoms with Crippen LogP contribution in [0.4, 0.5) is 0 Å². The van der Waals surface area contributed by atoms with Gasteiger partial charge in [-0.1, -0.05) is 13.3 Å². The van der Waals surface area contributed by atoms with Crippen molar-refractivity contribution in [2.24, 2.45) is 17.8 Å². The second-order valence-corrected chi connectivity index (χ2v) is 5.12. The Morgan fingerprint density at radius 3 is 2.36 bits per heavy atom. The molecule has 1 heterocycles. The first kappa shape index (κ1) is 10.4. The third-order valence-electron chi connectivity index (χ3n) is 3.97. The Kier molecular flexibility index (Phi) is 3.45. The van der Waals surface area contributed by atoms with Crippen LogP contribution in [0.3, 0.4) is 0 Å². The lowest BCUT2D eigenvalue weighted by Gasteiger charge is -2.30. The van der Waals surface area contributed by atoms with Crippen molar-refractivity contribution in [2.75, 3.05) is 13.2 Å². The maximum atomic E-state index is 10.2. The van der Waals surface area contributed by atoms with Gasteiger partial charge in [-0.05, 0) is 43.4 Å². The van der Waals surface area contributed by atoms with E-state index in [1.54, 1.807) is 0 Å². The number of ether oxygens (including phenoxy) is 1. The predicted molar refractivity (Wildman–Crippen MR) is 56.1 cm³/mol. The van der Waals surface area contributed by atoms with Gasteiger partial charge in [0.05, 0.1) is 6.10 Å². The largest absolute Gasteiger partial charge is 0.393 e. The van der Waals surface area contributed by atoms with Gasteiger partial charge in [0.2, 0.25) is 0 Å². The van der Waals surface area contributed by atoms with Crippen molar-refractivity contribution < 1.29 is 9.84 Å². The molecular formula is C12H22O2. The molecule has 0 spiro atoms. The zero-order valence-electron chi connectivity index (χ0n) is 9.11. The third-order valence-corrected chi connectivity index (χ3v) is 3.97. The molecule has 2 nitrogen and oxygen atoms in total. The summed E-state index contributed by atoms with van der Waals surface area (Å²) < 4.78 is 5.32. The normalized spacial score (nSPS) is 37.3. The standard InChI is InChI=1S/C12H22O2/c1-9-2-3-11(8-9)12(13)10-4-6-14-7-5-10/h9-13H,2-8H2,1H3. The summed E-state index contributed by atoms with van der Waals surface area (Å²) in [7, 11) is 0. The van der Waals surface area contributed by atoms with Gasteiger partial charge in [0.15, 0.2) is 0 Å². The SMILES string of the molecule is CC1CCC(C(O)C2CCOCC2)C1. The van der Waals surface area contributed by atoms with Gasteiger partial charge in [0.1, 0.15) is 0 Å². The van der Waals surface area contributed by atoms with Gasteiger partial charge in [0.25, 0.3) is 0 Å². The van der Waals surface area contributed by atoms with E-state index in [4.69, 9.17) is 4.74 Å². The average Bonchev–Trinajstić information content (AvgIpc) is 2.65. The van der Waals surface area contributed by atoms with Crippen molar-refractivity contribution in [1.82, 2.24) is 0 Å². The van der Waals surface area contributed by atoms with Crippen molar-refractivity contribution in [3.8, 4) is 0 Å². The van der Waals surface area contributed by atoms with Crippen LogP contribution in [-0.4, -0.2) is 24.4 Å². The highest BCUT2D eigenvalue weighted by Crippen LogP contribution is 2.36. The lowest BCUT2D eigenvalue weighted by molar-refractivity contribution is -0.0167. The maximum Gasteiger partial charge on any atom is 0.0598 e. The molecule has 0 radical (unpaired) electrons. The average molecular weight is 198 g/mol. The highest BCUT2D eigenvalue weighted by Gasteiger charge is 2.33. The quantitative estimate of drug-likeness (QED) is 0.737. The number of rotatable bonds is 2. The summed E-state index contributed by atoms with van der Waals surface area (Å²) in [4.78, 5) is 0. The molecule has 3 atom stereocenters. The van der Waals surface area contributed by atoms with Crippen molar-refractivity contribution in [1.29, 1.82) is 0 Å². The topological polar surface area (TPSA) is 29.5 Å². The Labute approximate surface area is 86.6 Å². The summed E-state index contributed by atoms with van der Waals surface area (Å²) in [5, 5.41) is 10.2. The molecule has 2 rings (SSSR count). The van der Waals surface area contributed by atoms with E-state index in [2.05, 4.69) is 6.92 Å². The van der Waals surface area contributed by atoms with Crippen LogP contribution < -0.4 is 0 Å². The van der Waals surface area contributed by atoms with Crippen molar-refractivity contribution >= 4 is 0 Å². The predicted octanol–water partition coefficient (Wildman–Crippen LogP) is 2.21. The Balaban J connectivity index is 1.84. The highest BCUT2D eigenvalue weighted by atomic mass is 16.5. The van der Waals surface area contributed by atoms with E-state index < -0.39 is 0 Å². The molecule has 2 aliphatic rings. The monoisotopic (exact) mass is 198 g/mol. The zero-order valence-corrected chi connectivity index (χ0v) is 9.11. The second-order valence-electron chi connectivity index (χ2n) is 5.12. The van der Waals surface area contributed by atoms with Crippen LogP contribution in [0.25, 0.3) is 0 Å². The fraction of sp³-hybridized carbons (Fsp3) is 1.00. The van der Waals surface area contributed by atoms with Gasteiger partial charge in [-0.25, -0.2) is 0 Å². The zero-order chi connectivity index (χ0) is 9.97.